The van der Waals surface area contributed by atoms with Crippen LogP contribution in [-0.2, 0) is 25.2 Å². The van der Waals surface area contributed by atoms with E-state index in [2.05, 4.69) is 5.16 Å². The molecule has 8 heteroatoms. The first-order chi connectivity index (χ1) is 12.0. The number of amides is 2. The van der Waals surface area contributed by atoms with E-state index in [0.717, 1.165) is 9.78 Å². The predicted molar refractivity (Wildman–Crippen MR) is 95.2 cm³/mol. The van der Waals surface area contributed by atoms with Gasteiger partial charge in [-0.15, -0.1) is 11.3 Å². The van der Waals surface area contributed by atoms with E-state index in [1.54, 1.807) is 30.5 Å². The summed E-state index contributed by atoms with van der Waals surface area (Å²) >= 11 is 1.40. The van der Waals surface area contributed by atoms with Crippen molar-refractivity contribution in [2.45, 2.75) is 17.2 Å². The molecule has 2 aliphatic rings. The summed E-state index contributed by atoms with van der Waals surface area (Å²) in [7, 11) is -1.22. The topological polar surface area (TPSA) is 76.0 Å². The maximum Gasteiger partial charge on any atom is 0.278 e. The van der Waals surface area contributed by atoms with Crippen molar-refractivity contribution < 1.29 is 18.6 Å². The molecule has 25 heavy (non-hydrogen) atoms. The molecule has 128 valence electrons. The molecule has 0 bridgehead atoms. The molecule has 3 heterocycles. The summed E-state index contributed by atoms with van der Waals surface area (Å²) < 4.78 is 12.7. The second kappa shape index (κ2) is 5.89. The minimum Gasteiger partial charge on any atom is -0.381 e. The lowest BCUT2D eigenvalue weighted by Crippen LogP contribution is -2.33. The van der Waals surface area contributed by atoms with Crippen LogP contribution < -0.4 is 4.90 Å². The fourth-order valence-corrected chi connectivity index (χ4v) is 5.20. The van der Waals surface area contributed by atoms with Crippen molar-refractivity contribution in [2.24, 2.45) is 11.1 Å². The maximum absolute atomic E-state index is 12.9. The molecule has 3 atom stereocenters. The fourth-order valence-electron chi connectivity index (χ4n) is 3.12. The van der Waals surface area contributed by atoms with Gasteiger partial charge in [0, 0.05) is 16.7 Å². The molecule has 0 saturated carbocycles. The molecule has 0 radical (unpaired) electrons. The van der Waals surface area contributed by atoms with Gasteiger partial charge in [-0.3, -0.25) is 13.8 Å². The lowest BCUT2D eigenvalue weighted by Gasteiger charge is -2.15. The van der Waals surface area contributed by atoms with Gasteiger partial charge in [-0.2, -0.15) is 0 Å². The van der Waals surface area contributed by atoms with Crippen LogP contribution in [0.1, 0.15) is 10.4 Å². The van der Waals surface area contributed by atoms with E-state index in [1.807, 2.05) is 19.1 Å². The Bertz CT molecular complexity index is 935. The molecular weight excluding hydrogens is 360 g/mol. The number of para-hydroxylation sites is 1. The number of fused-ring (bicyclic) bond motifs is 1. The zero-order valence-electron chi connectivity index (χ0n) is 13.5. The summed E-state index contributed by atoms with van der Waals surface area (Å²) in [5.41, 5.74) is 1.53. The number of anilines is 1. The SMILES string of the molecule is Cc1cc(C2=NO[C@@H]3C(=O)N(c4ccccc4)C(=O)[C@H]23)c([S@@](C)=O)s1. The average molecular weight is 374 g/mol. The number of rotatable bonds is 3. The zero-order chi connectivity index (χ0) is 17.7. The van der Waals surface area contributed by atoms with Crippen LogP contribution >= 0.6 is 11.3 Å². The highest BCUT2D eigenvalue weighted by Gasteiger charge is 2.56. The number of hydrogen-bond acceptors (Lipinski definition) is 6. The van der Waals surface area contributed by atoms with Gasteiger partial charge in [0.15, 0.2) is 0 Å². The molecule has 0 N–H and O–H groups in total. The molecule has 1 fully saturated rings. The Balaban J connectivity index is 1.75. The van der Waals surface area contributed by atoms with Crippen molar-refractivity contribution >= 4 is 45.3 Å². The molecule has 6 nitrogen and oxygen atoms in total. The van der Waals surface area contributed by atoms with Crippen LogP contribution in [0.4, 0.5) is 5.69 Å². The van der Waals surface area contributed by atoms with E-state index in [1.165, 1.54) is 11.3 Å². The summed E-state index contributed by atoms with van der Waals surface area (Å²) in [6.45, 7) is 1.90. The molecule has 2 aliphatic heterocycles. The Hall–Kier alpha value is -2.32. The molecule has 0 spiro atoms. The number of carbonyl (C=O) groups excluding carboxylic acids is 2. The zero-order valence-corrected chi connectivity index (χ0v) is 15.1. The summed E-state index contributed by atoms with van der Waals surface area (Å²) in [6, 6.07) is 10.6. The summed E-state index contributed by atoms with van der Waals surface area (Å²) in [5.74, 6) is -1.59. The van der Waals surface area contributed by atoms with Gasteiger partial charge in [-0.25, -0.2) is 4.90 Å². The molecule has 0 unspecified atom stereocenters. The standard InChI is InChI=1S/C17H14N2O4S2/c1-9-8-11(17(24-9)25(2)22)13-12-14(23-18-13)16(21)19(15(12)20)10-6-4-3-5-7-10/h3-8,12,14H,1-2H3/t12-,14+,25-/m1/s1. The molecule has 2 amide bonds. The molecule has 0 aliphatic carbocycles. The normalized spacial score (nSPS) is 23.4. The van der Waals surface area contributed by atoms with Gasteiger partial charge in [0.05, 0.1) is 16.5 Å². The first kappa shape index (κ1) is 16.2. The third kappa shape index (κ3) is 2.44. The van der Waals surface area contributed by atoms with Gasteiger partial charge in [-0.1, -0.05) is 23.4 Å². The van der Waals surface area contributed by atoms with E-state index in [4.69, 9.17) is 4.84 Å². The van der Waals surface area contributed by atoms with Crippen molar-refractivity contribution in [2.75, 3.05) is 11.2 Å². The van der Waals surface area contributed by atoms with Gasteiger partial charge in [0.25, 0.3) is 5.91 Å². The smallest absolute Gasteiger partial charge is 0.278 e. The van der Waals surface area contributed by atoms with E-state index in [9.17, 15) is 13.8 Å². The monoisotopic (exact) mass is 374 g/mol. The molecule has 1 aromatic carbocycles. The summed E-state index contributed by atoms with van der Waals surface area (Å²) in [6.07, 6.45) is 0.626. The van der Waals surface area contributed by atoms with Crippen LogP contribution in [0.2, 0.25) is 0 Å². The fraction of sp³-hybridized carbons (Fsp3) is 0.235. The van der Waals surface area contributed by atoms with Crippen LogP contribution in [-0.4, -0.2) is 34.1 Å². The number of carbonyl (C=O) groups is 2. The van der Waals surface area contributed by atoms with Crippen LogP contribution in [0.5, 0.6) is 0 Å². The van der Waals surface area contributed by atoms with Gasteiger partial charge in [-0.05, 0) is 25.1 Å². The lowest BCUT2D eigenvalue weighted by atomic mass is 9.95. The highest BCUT2D eigenvalue weighted by molar-refractivity contribution is 7.86. The number of thiophene rings is 1. The highest BCUT2D eigenvalue weighted by Crippen LogP contribution is 2.37. The number of nitrogens with zero attached hydrogens (tertiary/aromatic N) is 2. The Kier molecular flexibility index (Phi) is 3.81. The van der Waals surface area contributed by atoms with Gasteiger partial charge in [0.2, 0.25) is 12.0 Å². The Morgan fingerprint density at radius 3 is 2.60 bits per heavy atom. The quantitative estimate of drug-likeness (QED) is 0.771. The molecule has 1 aromatic heterocycles. The van der Waals surface area contributed by atoms with Crippen molar-refractivity contribution in [1.82, 2.24) is 0 Å². The third-order valence-corrected chi connectivity index (χ3v) is 6.73. The minimum absolute atomic E-state index is 0.367. The largest absolute Gasteiger partial charge is 0.381 e. The minimum atomic E-state index is -1.22. The predicted octanol–water partition coefficient (Wildman–Crippen LogP) is 2.09. The third-order valence-electron chi connectivity index (χ3n) is 4.18. The number of oxime groups is 1. The maximum atomic E-state index is 12.9. The van der Waals surface area contributed by atoms with Crippen molar-refractivity contribution in [3.63, 3.8) is 0 Å². The summed E-state index contributed by atoms with van der Waals surface area (Å²) in [5, 5.41) is 4.00. The number of imide groups is 1. The van der Waals surface area contributed by atoms with Crippen LogP contribution in [0, 0.1) is 12.8 Å². The Morgan fingerprint density at radius 1 is 1.20 bits per heavy atom. The molecule has 4 rings (SSSR count). The van der Waals surface area contributed by atoms with E-state index >= 15 is 0 Å². The van der Waals surface area contributed by atoms with E-state index < -0.39 is 28.7 Å². The number of benzene rings is 1. The molecule has 2 aromatic rings. The van der Waals surface area contributed by atoms with Crippen molar-refractivity contribution in [3.05, 3.63) is 46.8 Å². The average Bonchev–Trinajstić information content (AvgIpc) is 3.24. The first-order valence-electron chi connectivity index (χ1n) is 7.60. The van der Waals surface area contributed by atoms with Gasteiger partial charge in [0.1, 0.15) is 15.8 Å². The van der Waals surface area contributed by atoms with Crippen LogP contribution in [0.25, 0.3) is 0 Å². The summed E-state index contributed by atoms with van der Waals surface area (Å²) in [4.78, 5) is 33.0. The second-order valence-corrected chi connectivity index (χ2v) is 8.67. The highest BCUT2D eigenvalue weighted by atomic mass is 32.2. The van der Waals surface area contributed by atoms with Crippen LogP contribution in [0.15, 0.2) is 45.8 Å². The van der Waals surface area contributed by atoms with Crippen molar-refractivity contribution in [3.8, 4) is 0 Å². The Morgan fingerprint density at radius 2 is 1.92 bits per heavy atom. The van der Waals surface area contributed by atoms with E-state index in [-0.39, 0.29) is 5.91 Å². The number of aryl methyl sites for hydroxylation is 1. The van der Waals surface area contributed by atoms with E-state index in [0.29, 0.717) is 21.2 Å². The number of hydrogen-bond donors (Lipinski definition) is 0. The Labute approximate surface area is 150 Å². The molecular formula is C17H14N2O4S2. The van der Waals surface area contributed by atoms with Gasteiger partial charge >= 0.3 is 0 Å². The van der Waals surface area contributed by atoms with Crippen LogP contribution in [0.3, 0.4) is 0 Å². The van der Waals surface area contributed by atoms with Crippen molar-refractivity contribution in [1.29, 1.82) is 0 Å². The lowest BCUT2D eigenvalue weighted by molar-refractivity contribution is -0.126. The van der Waals surface area contributed by atoms with Gasteiger partial charge < -0.3 is 4.84 Å². The molecule has 1 saturated heterocycles. The second-order valence-electron chi connectivity index (χ2n) is 5.84. The first-order valence-corrected chi connectivity index (χ1v) is 9.97.